The molecule has 2 rings (SSSR count). The summed E-state index contributed by atoms with van der Waals surface area (Å²) < 4.78 is 19.8. The molecule has 0 atom stereocenters. The smallest absolute Gasteiger partial charge is 0.124 e. The van der Waals surface area contributed by atoms with Crippen molar-refractivity contribution in [3.05, 3.63) is 63.0 Å². The first-order valence-corrected chi connectivity index (χ1v) is 6.33. The standard InChI is InChI=1S/C14H9FINO/c15-12-6-10(8-17)5-11(7-12)9-18-14-3-1-13(16)2-4-14/h1-7H,9H2. The number of hydrogen-bond acceptors (Lipinski definition) is 2. The minimum Gasteiger partial charge on any atom is -0.489 e. The van der Waals surface area contributed by atoms with Crippen molar-refractivity contribution in [3.63, 3.8) is 0 Å². The zero-order valence-corrected chi connectivity index (χ0v) is 11.5. The summed E-state index contributed by atoms with van der Waals surface area (Å²) in [6.45, 7) is 0.243. The fourth-order valence-electron chi connectivity index (χ4n) is 1.50. The van der Waals surface area contributed by atoms with Crippen LogP contribution in [-0.2, 0) is 6.61 Å². The molecule has 0 fully saturated rings. The van der Waals surface area contributed by atoms with Gasteiger partial charge in [0.25, 0.3) is 0 Å². The van der Waals surface area contributed by atoms with Crippen molar-refractivity contribution in [2.24, 2.45) is 0 Å². The molecule has 0 bridgehead atoms. The monoisotopic (exact) mass is 353 g/mol. The third-order valence-electron chi connectivity index (χ3n) is 2.31. The molecular formula is C14H9FINO. The molecule has 0 spiro atoms. The van der Waals surface area contributed by atoms with Gasteiger partial charge in [-0.2, -0.15) is 5.26 Å². The molecule has 0 heterocycles. The third-order valence-corrected chi connectivity index (χ3v) is 3.02. The highest BCUT2D eigenvalue weighted by atomic mass is 127. The van der Waals surface area contributed by atoms with Crippen molar-refractivity contribution < 1.29 is 9.13 Å². The van der Waals surface area contributed by atoms with Crippen LogP contribution in [0.15, 0.2) is 42.5 Å². The normalized spacial score (nSPS) is 9.83. The van der Waals surface area contributed by atoms with E-state index in [0.717, 1.165) is 9.32 Å². The minimum absolute atomic E-state index is 0.243. The molecule has 2 nitrogen and oxygen atoms in total. The Bertz CT molecular complexity index is 590. The molecule has 18 heavy (non-hydrogen) atoms. The number of nitrogens with zero attached hydrogens (tertiary/aromatic N) is 1. The summed E-state index contributed by atoms with van der Waals surface area (Å²) in [6.07, 6.45) is 0. The minimum atomic E-state index is -0.421. The molecule has 0 saturated carbocycles. The van der Waals surface area contributed by atoms with Crippen LogP contribution < -0.4 is 4.74 Å². The SMILES string of the molecule is N#Cc1cc(F)cc(COc2ccc(I)cc2)c1. The topological polar surface area (TPSA) is 33.0 Å². The van der Waals surface area contributed by atoms with Gasteiger partial charge in [-0.05, 0) is 70.6 Å². The van der Waals surface area contributed by atoms with Crippen molar-refractivity contribution >= 4 is 22.6 Å². The summed E-state index contributed by atoms with van der Waals surface area (Å²) in [7, 11) is 0. The van der Waals surface area contributed by atoms with E-state index in [1.54, 1.807) is 6.07 Å². The molecule has 0 N–H and O–H groups in total. The van der Waals surface area contributed by atoms with Gasteiger partial charge < -0.3 is 4.74 Å². The Labute approximate surface area is 118 Å². The summed E-state index contributed by atoms with van der Waals surface area (Å²) in [5.41, 5.74) is 0.946. The lowest BCUT2D eigenvalue weighted by molar-refractivity contribution is 0.305. The van der Waals surface area contributed by atoms with Gasteiger partial charge in [0.2, 0.25) is 0 Å². The van der Waals surface area contributed by atoms with Crippen molar-refractivity contribution in [2.45, 2.75) is 6.61 Å². The molecule has 90 valence electrons. The van der Waals surface area contributed by atoms with Crippen LogP contribution in [0.5, 0.6) is 5.75 Å². The van der Waals surface area contributed by atoms with Gasteiger partial charge in [-0.15, -0.1) is 0 Å². The molecule has 0 aromatic heterocycles. The summed E-state index contributed by atoms with van der Waals surface area (Å²) in [6, 6.07) is 13.7. The number of benzene rings is 2. The molecule has 0 saturated heterocycles. The Balaban J connectivity index is 2.08. The first kappa shape index (κ1) is 12.8. The van der Waals surface area contributed by atoms with Crippen LogP contribution in [0.1, 0.15) is 11.1 Å². The fraction of sp³-hybridized carbons (Fsp3) is 0.0714. The maximum atomic E-state index is 13.2. The third kappa shape index (κ3) is 3.44. The largest absolute Gasteiger partial charge is 0.489 e. The molecular weight excluding hydrogens is 344 g/mol. The first-order valence-electron chi connectivity index (χ1n) is 5.25. The molecule has 0 aliphatic rings. The van der Waals surface area contributed by atoms with E-state index >= 15 is 0 Å². The molecule has 4 heteroatoms. The second kappa shape index (κ2) is 5.83. The highest BCUT2D eigenvalue weighted by Gasteiger charge is 2.01. The zero-order chi connectivity index (χ0) is 13.0. The van der Waals surface area contributed by atoms with Crippen LogP contribution in [0.25, 0.3) is 0 Å². The Morgan fingerprint density at radius 3 is 2.56 bits per heavy atom. The lowest BCUT2D eigenvalue weighted by atomic mass is 10.1. The molecule has 2 aromatic rings. The van der Waals surface area contributed by atoms with Gasteiger partial charge >= 0.3 is 0 Å². The lowest BCUT2D eigenvalue weighted by Crippen LogP contribution is -1.97. The van der Waals surface area contributed by atoms with E-state index in [-0.39, 0.29) is 6.61 Å². The van der Waals surface area contributed by atoms with Crippen molar-refractivity contribution in [2.75, 3.05) is 0 Å². The van der Waals surface area contributed by atoms with E-state index < -0.39 is 5.82 Å². The second-order valence-corrected chi connectivity index (χ2v) is 4.95. The van der Waals surface area contributed by atoms with E-state index in [0.29, 0.717) is 11.1 Å². The van der Waals surface area contributed by atoms with E-state index in [2.05, 4.69) is 22.6 Å². The molecule has 0 aliphatic heterocycles. The Morgan fingerprint density at radius 1 is 1.17 bits per heavy atom. The lowest BCUT2D eigenvalue weighted by Gasteiger charge is -2.06. The number of halogens is 2. The zero-order valence-electron chi connectivity index (χ0n) is 9.36. The molecule has 2 aromatic carbocycles. The average molecular weight is 353 g/mol. The van der Waals surface area contributed by atoms with Gasteiger partial charge in [-0.1, -0.05) is 0 Å². The van der Waals surface area contributed by atoms with Crippen LogP contribution in [-0.4, -0.2) is 0 Å². The van der Waals surface area contributed by atoms with Gasteiger partial charge in [0.1, 0.15) is 18.2 Å². The molecule has 0 amide bonds. The summed E-state index contributed by atoms with van der Waals surface area (Å²) in [5.74, 6) is 0.299. The quantitative estimate of drug-likeness (QED) is 0.785. The van der Waals surface area contributed by atoms with Gasteiger partial charge in [0, 0.05) is 3.57 Å². The van der Waals surface area contributed by atoms with Crippen LogP contribution in [0.4, 0.5) is 4.39 Å². The maximum absolute atomic E-state index is 13.2. The van der Waals surface area contributed by atoms with Crippen LogP contribution >= 0.6 is 22.6 Å². The number of nitriles is 1. The fourth-order valence-corrected chi connectivity index (χ4v) is 1.86. The highest BCUT2D eigenvalue weighted by Crippen LogP contribution is 2.16. The molecule has 0 aliphatic carbocycles. The Morgan fingerprint density at radius 2 is 1.89 bits per heavy atom. The van der Waals surface area contributed by atoms with Crippen LogP contribution in [0.2, 0.25) is 0 Å². The van der Waals surface area contributed by atoms with E-state index in [1.807, 2.05) is 30.3 Å². The van der Waals surface area contributed by atoms with E-state index in [9.17, 15) is 4.39 Å². The Hall–Kier alpha value is -1.61. The molecule has 0 radical (unpaired) electrons. The molecule has 0 unspecified atom stereocenters. The maximum Gasteiger partial charge on any atom is 0.124 e. The predicted molar refractivity (Wildman–Crippen MR) is 74.6 cm³/mol. The predicted octanol–water partition coefficient (Wildman–Crippen LogP) is 3.88. The van der Waals surface area contributed by atoms with E-state index in [1.165, 1.54) is 12.1 Å². The number of ether oxygens (including phenoxy) is 1. The van der Waals surface area contributed by atoms with Crippen molar-refractivity contribution in [1.29, 1.82) is 5.26 Å². The summed E-state index contributed by atoms with van der Waals surface area (Å²) in [4.78, 5) is 0. The van der Waals surface area contributed by atoms with Gasteiger partial charge in [0.15, 0.2) is 0 Å². The average Bonchev–Trinajstić information content (AvgIpc) is 2.37. The van der Waals surface area contributed by atoms with Gasteiger partial charge in [-0.25, -0.2) is 4.39 Å². The van der Waals surface area contributed by atoms with Gasteiger partial charge in [0.05, 0.1) is 11.6 Å². The van der Waals surface area contributed by atoms with Crippen LogP contribution in [0, 0.1) is 20.7 Å². The number of hydrogen-bond donors (Lipinski definition) is 0. The first-order chi connectivity index (χ1) is 8.67. The van der Waals surface area contributed by atoms with Crippen molar-refractivity contribution in [3.8, 4) is 11.8 Å². The summed E-state index contributed by atoms with van der Waals surface area (Å²) in [5, 5.41) is 8.74. The van der Waals surface area contributed by atoms with Crippen LogP contribution in [0.3, 0.4) is 0 Å². The number of rotatable bonds is 3. The summed E-state index contributed by atoms with van der Waals surface area (Å²) >= 11 is 2.21. The highest BCUT2D eigenvalue weighted by molar-refractivity contribution is 14.1. The van der Waals surface area contributed by atoms with E-state index in [4.69, 9.17) is 10.00 Å². The van der Waals surface area contributed by atoms with Gasteiger partial charge in [-0.3, -0.25) is 0 Å². The second-order valence-electron chi connectivity index (χ2n) is 3.70. The Kier molecular flexibility index (Phi) is 4.15. The van der Waals surface area contributed by atoms with Crippen molar-refractivity contribution in [1.82, 2.24) is 0 Å².